The molecule has 31 valence electrons. The maximum Gasteiger partial charge on any atom is 0.171 e. The number of allylic oxidation sites excluding steroid dienone is 2. The van der Waals surface area contributed by atoms with Gasteiger partial charge in [0.25, 0.3) is 0 Å². The summed E-state index contributed by atoms with van der Waals surface area (Å²) in [6, 6.07) is 0. The number of halogens is 1. The quantitative estimate of drug-likeness (QED) is 0.400. The fourth-order valence-electron chi connectivity index (χ4n) is 0.321. The van der Waals surface area contributed by atoms with Gasteiger partial charge < -0.3 is 0 Å². The summed E-state index contributed by atoms with van der Waals surface area (Å²) in [5, 5.41) is 0. The first kappa shape index (κ1) is 5.83. The van der Waals surface area contributed by atoms with Crippen LogP contribution >= 0.6 is 12.4 Å². The molecule has 0 fully saturated rings. The van der Waals surface area contributed by atoms with Gasteiger partial charge in [0.2, 0.25) is 0 Å². The zero-order valence-corrected chi connectivity index (χ0v) is 4.11. The van der Waals surface area contributed by atoms with Crippen molar-refractivity contribution in [3.05, 3.63) is 24.1 Å². The summed E-state index contributed by atoms with van der Waals surface area (Å²) in [5.74, 6) is 4.00. The Balaban J connectivity index is 0.000000250. The van der Waals surface area contributed by atoms with Gasteiger partial charge in [0, 0.05) is 0 Å². The van der Waals surface area contributed by atoms with Crippen LogP contribution in [0.5, 0.6) is 0 Å². The molecule has 0 atom stereocenters. The summed E-state index contributed by atoms with van der Waals surface area (Å²) in [5.41, 5.74) is 0. The largest absolute Gasteiger partial charge is 0.171 e. The van der Waals surface area contributed by atoms with Gasteiger partial charge in [-0.25, -0.2) is 0 Å². The summed E-state index contributed by atoms with van der Waals surface area (Å²) in [6.45, 7) is 0. The number of hydrogen-bond acceptors (Lipinski definition) is 0. The second kappa shape index (κ2) is 3.04. The summed E-state index contributed by atoms with van der Waals surface area (Å²) in [4.78, 5) is 0. The Morgan fingerprint density at radius 2 is 1.50 bits per heavy atom. The molecule has 1 aliphatic rings. The van der Waals surface area contributed by atoms with Gasteiger partial charge in [-0.2, -0.15) is 0 Å². The predicted molar refractivity (Wildman–Crippen MR) is 31.3 cm³/mol. The van der Waals surface area contributed by atoms with Gasteiger partial charge in [-0.05, 0) is 0 Å². The molecule has 0 aromatic carbocycles. The third kappa shape index (κ3) is 1.32. The van der Waals surface area contributed by atoms with E-state index in [-0.39, 0.29) is 12.4 Å². The van der Waals surface area contributed by atoms with Gasteiger partial charge in [0.05, 0.1) is 0 Å². The van der Waals surface area contributed by atoms with Crippen molar-refractivity contribution in [2.75, 3.05) is 0 Å². The van der Waals surface area contributed by atoms with Crippen LogP contribution in [0.2, 0.25) is 0 Å². The first-order valence-electron chi connectivity index (χ1n) is 1.67. The van der Waals surface area contributed by atoms with Crippen molar-refractivity contribution in [2.45, 2.75) is 0 Å². The molecule has 0 bridgehead atoms. The Hall–Kier alpha value is -0.165. The molecule has 0 nitrogen and oxygen atoms in total. The predicted octanol–water partition coefficient (Wildman–Crippen LogP) is 1.15. The molecule has 2 heteroatoms. The molecule has 0 aliphatic carbocycles. The van der Waals surface area contributed by atoms with E-state index in [1.165, 1.54) is 0 Å². The van der Waals surface area contributed by atoms with Gasteiger partial charge in [-0.1, -0.05) is 12.2 Å². The normalized spacial score (nSPS) is 13.3. The van der Waals surface area contributed by atoms with Crippen molar-refractivity contribution in [2.24, 2.45) is 0 Å². The monoisotopic (exact) mass is 99.0 g/mol. The molecular weight excluding hydrogens is 94.3 g/mol. The molecule has 0 N–H and O–H groups in total. The smallest absolute Gasteiger partial charge is 0.147 e. The molecule has 1 radical (unpaired) electrons. The molecule has 0 saturated carbocycles. The molecule has 0 aromatic heterocycles. The van der Waals surface area contributed by atoms with Crippen molar-refractivity contribution in [1.29, 1.82) is 0 Å². The van der Waals surface area contributed by atoms with Gasteiger partial charge in [0.15, 0.2) is 7.28 Å². The number of rotatable bonds is 0. The molecule has 1 aliphatic heterocycles. The Kier molecular flexibility index (Phi) is 2.96. The highest BCUT2D eigenvalue weighted by Gasteiger charge is 1.75. The third-order valence-corrected chi connectivity index (χ3v) is 0.556. The lowest BCUT2D eigenvalue weighted by molar-refractivity contribution is 2.15. The van der Waals surface area contributed by atoms with E-state index >= 15 is 0 Å². The fraction of sp³-hybridized carbons (Fsp3) is 0. The Labute approximate surface area is 44.6 Å². The van der Waals surface area contributed by atoms with Gasteiger partial charge >= 0.3 is 0 Å². The molecular formula is C4H5BCl. The Morgan fingerprint density at radius 3 is 1.67 bits per heavy atom. The Morgan fingerprint density at radius 1 is 1.00 bits per heavy atom. The topological polar surface area (TPSA) is 0 Å². The van der Waals surface area contributed by atoms with Crippen molar-refractivity contribution in [1.82, 2.24) is 0 Å². The minimum atomic E-state index is 0. The van der Waals surface area contributed by atoms with Gasteiger partial charge in [-0.15, -0.1) is 24.4 Å². The SMILES string of the molecule is Cl.[B]1C=CC=C1. The molecule has 0 saturated heterocycles. The van der Waals surface area contributed by atoms with E-state index in [4.69, 9.17) is 0 Å². The van der Waals surface area contributed by atoms with E-state index in [2.05, 4.69) is 0 Å². The van der Waals surface area contributed by atoms with Crippen LogP contribution in [0.15, 0.2) is 24.1 Å². The van der Waals surface area contributed by atoms with Crippen LogP contribution in [0.1, 0.15) is 0 Å². The molecule has 0 unspecified atom stereocenters. The minimum absolute atomic E-state index is 0. The summed E-state index contributed by atoms with van der Waals surface area (Å²) in [6.07, 6.45) is 4.00. The highest BCUT2D eigenvalue weighted by Crippen LogP contribution is 1.82. The van der Waals surface area contributed by atoms with Crippen LogP contribution in [0, 0.1) is 0 Å². The van der Waals surface area contributed by atoms with Crippen LogP contribution in [0.3, 0.4) is 0 Å². The van der Waals surface area contributed by atoms with E-state index in [9.17, 15) is 0 Å². The van der Waals surface area contributed by atoms with Gasteiger partial charge in [0.1, 0.15) is 0 Å². The maximum atomic E-state index is 2.00. The Bertz CT molecular complexity index is 65.6. The summed E-state index contributed by atoms with van der Waals surface area (Å²) < 4.78 is 0. The van der Waals surface area contributed by atoms with E-state index in [1.54, 1.807) is 0 Å². The lowest BCUT2D eigenvalue weighted by atomic mass is 9.83. The number of hydrogen-bond donors (Lipinski definition) is 0. The highest BCUT2D eigenvalue weighted by atomic mass is 35.5. The van der Waals surface area contributed by atoms with Gasteiger partial charge in [-0.3, -0.25) is 0 Å². The van der Waals surface area contributed by atoms with Crippen LogP contribution < -0.4 is 0 Å². The van der Waals surface area contributed by atoms with Crippen LogP contribution in [0.25, 0.3) is 0 Å². The minimum Gasteiger partial charge on any atom is -0.147 e. The van der Waals surface area contributed by atoms with Crippen LogP contribution in [-0.2, 0) is 0 Å². The second-order valence-corrected chi connectivity index (χ2v) is 0.962. The van der Waals surface area contributed by atoms with Crippen LogP contribution in [-0.4, -0.2) is 7.28 Å². The maximum absolute atomic E-state index is 2.00. The zero-order chi connectivity index (χ0) is 3.54. The molecule has 1 rings (SSSR count). The van der Waals surface area contributed by atoms with Crippen molar-refractivity contribution in [3.63, 3.8) is 0 Å². The van der Waals surface area contributed by atoms with Crippen LogP contribution in [0.4, 0.5) is 0 Å². The first-order valence-corrected chi connectivity index (χ1v) is 1.67. The van der Waals surface area contributed by atoms with Crippen molar-refractivity contribution < 1.29 is 0 Å². The van der Waals surface area contributed by atoms with Crippen molar-refractivity contribution in [3.8, 4) is 0 Å². The lowest BCUT2D eigenvalue weighted by Gasteiger charge is -1.51. The van der Waals surface area contributed by atoms with E-state index in [0.717, 1.165) is 0 Å². The molecule has 0 amide bonds. The van der Waals surface area contributed by atoms with Crippen molar-refractivity contribution >= 4 is 19.7 Å². The summed E-state index contributed by atoms with van der Waals surface area (Å²) in [7, 11) is 2.00. The summed E-state index contributed by atoms with van der Waals surface area (Å²) >= 11 is 0. The molecule has 0 aromatic rings. The average molecular weight is 99.3 g/mol. The molecule has 1 heterocycles. The fourth-order valence-corrected chi connectivity index (χ4v) is 0.321. The molecule has 6 heavy (non-hydrogen) atoms. The standard InChI is InChI=1S/C4H4B.ClH/c1-2-4-5-3-1;/h1-4H;1H. The highest BCUT2D eigenvalue weighted by molar-refractivity contribution is 6.49. The first-order chi connectivity index (χ1) is 2.50. The van der Waals surface area contributed by atoms with E-state index in [0.29, 0.717) is 0 Å². The lowest BCUT2D eigenvalue weighted by Crippen LogP contribution is -1.63. The second-order valence-electron chi connectivity index (χ2n) is 0.962. The molecule has 0 spiro atoms. The zero-order valence-electron chi connectivity index (χ0n) is 3.29. The third-order valence-electron chi connectivity index (χ3n) is 0.556. The average Bonchev–Trinajstić information content (AvgIpc) is 1.76. The van der Waals surface area contributed by atoms with E-state index < -0.39 is 0 Å². The van der Waals surface area contributed by atoms with E-state index in [1.807, 2.05) is 31.4 Å².